The van der Waals surface area contributed by atoms with E-state index in [0.29, 0.717) is 23.2 Å². The number of allylic oxidation sites excluding steroid dienone is 4. The Hall–Kier alpha value is -0.860. The molecule has 0 heterocycles. The van der Waals surface area contributed by atoms with Crippen LogP contribution in [-0.2, 0) is 0 Å². The summed E-state index contributed by atoms with van der Waals surface area (Å²) >= 11 is 0. The summed E-state index contributed by atoms with van der Waals surface area (Å²) in [5.41, 5.74) is 4.52. The van der Waals surface area contributed by atoms with Gasteiger partial charge in [0.1, 0.15) is 0 Å². The second kappa shape index (κ2) is 9.52. The van der Waals surface area contributed by atoms with Gasteiger partial charge in [0.05, 0.1) is 12.2 Å². The number of rotatable bonds is 6. The minimum Gasteiger partial charge on any atom is -0.393 e. The molecular formula is C27H44O2. The molecule has 2 nitrogen and oxygen atoms in total. The van der Waals surface area contributed by atoms with Gasteiger partial charge < -0.3 is 10.2 Å². The SMILES string of the molecule is C=C1CC[C@H](O)C/C1=C/C=C1\CCC[C@@]2(C)C1CC[C@@H]2[C@H](C)CCC(O)C(C)C. The maximum Gasteiger partial charge on any atom is 0.0583 e. The molecule has 3 fully saturated rings. The molecule has 6 atom stereocenters. The first kappa shape index (κ1) is 22.8. The van der Waals surface area contributed by atoms with Crippen LogP contribution in [-0.4, -0.2) is 22.4 Å². The van der Waals surface area contributed by atoms with Crippen LogP contribution in [0.25, 0.3) is 0 Å². The van der Waals surface area contributed by atoms with E-state index in [4.69, 9.17) is 0 Å². The topological polar surface area (TPSA) is 40.5 Å². The van der Waals surface area contributed by atoms with Crippen molar-refractivity contribution in [1.82, 2.24) is 0 Å². The Labute approximate surface area is 179 Å². The van der Waals surface area contributed by atoms with Gasteiger partial charge in [0.25, 0.3) is 0 Å². The molecule has 0 bridgehead atoms. The van der Waals surface area contributed by atoms with E-state index in [-0.39, 0.29) is 12.2 Å². The van der Waals surface area contributed by atoms with Crippen LogP contribution >= 0.6 is 0 Å². The van der Waals surface area contributed by atoms with E-state index >= 15 is 0 Å². The summed E-state index contributed by atoms with van der Waals surface area (Å²) in [6.07, 6.45) is 15.5. The summed E-state index contributed by atoms with van der Waals surface area (Å²) in [5.74, 6) is 2.52. The summed E-state index contributed by atoms with van der Waals surface area (Å²) in [6.45, 7) is 13.4. The monoisotopic (exact) mass is 400 g/mol. The molecule has 0 amide bonds. The molecule has 3 rings (SSSR count). The fourth-order valence-corrected chi connectivity index (χ4v) is 6.58. The van der Waals surface area contributed by atoms with Gasteiger partial charge in [0.15, 0.2) is 0 Å². The van der Waals surface area contributed by atoms with E-state index in [1.807, 2.05) is 0 Å². The average Bonchev–Trinajstić information content (AvgIpc) is 3.04. The molecule has 0 saturated heterocycles. The van der Waals surface area contributed by atoms with Crippen molar-refractivity contribution in [3.8, 4) is 0 Å². The van der Waals surface area contributed by atoms with Crippen LogP contribution < -0.4 is 0 Å². The van der Waals surface area contributed by atoms with E-state index in [9.17, 15) is 10.2 Å². The number of fused-ring (bicyclic) bond motifs is 1. The number of aliphatic hydroxyl groups excluding tert-OH is 2. The highest BCUT2D eigenvalue weighted by Crippen LogP contribution is 2.59. The van der Waals surface area contributed by atoms with Crippen LogP contribution in [0, 0.1) is 29.1 Å². The lowest BCUT2D eigenvalue weighted by molar-refractivity contribution is 0.0717. The van der Waals surface area contributed by atoms with Gasteiger partial charge >= 0.3 is 0 Å². The highest BCUT2D eigenvalue weighted by atomic mass is 16.3. The van der Waals surface area contributed by atoms with Gasteiger partial charge in [0.2, 0.25) is 0 Å². The van der Waals surface area contributed by atoms with Crippen LogP contribution in [0.3, 0.4) is 0 Å². The van der Waals surface area contributed by atoms with Gasteiger partial charge in [-0.1, -0.05) is 57.6 Å². The minimum absolute atomic E-state index is 0.158. The lowest BCUT2D eigenvalue weighted by Crippen LogP contribution is -2.36. The van der Waals surface area contributed by atoms with Gasteiger partial charge in [-0.3, -0.25) is 0 Å². The van der Waals surface area contributed by atoms with Crippen LogP contribution in [0.1, 0.15) is 91.9 Å². The zero-order valence-electron chi connectivity index (χ0n) is 19.3. The smallest absolute Gasteiger partial charge is 0.0583 e. The molecule has 2 unspecified atom stereocenters. The Morgan fingerprint density at radius 3 is 2.59 bits per heavy atom. The van der Waals surface area contributed by atoms with E-state index < -0.39 is 0 Å². The molecule has 0 aromatic carbocycles. The van der Waals surface area contributed by atoms with Crippen LogP contribution in [0.15, 0.2) is 35.5 Å². The molecule has 29 heavy (non-hydrogen) atoms. The Kier molecular flexibility index (Phi) is 7.49. The predicted molar refractivity (Wildman–Crippen MR) is 123 cm³/mol. The van der Waals surface area contributed by atoms with Gasteiger partial charge in [-0.15, -0.1) is 0 Å². The third-order valence-electron chi connectivity index (χ3n) is 8.60. The van der Waals surface area contributed by atoms with Crippen molar-refractivity contribution >= 4 is 0 Å². The van der Waals surface area contributed by atoms with Crippen molar-refractivity contribution in [1.29, 1.82) is 0 Å². The molecule has 3 saturated carbocycles. The fraction of sp³-hybridized carbons (Fsp3) is 0.778. The van der Waals surface area contributed by atoms with E-state index in [2.05, 4.69) is 46.4 Å². The summed E-state index contributed by atoms with van der Waals surface area (Å²) in [4.78, 5) is 0. The Bertz CT molecular complexity index is 643. The van der Waals surface area contributed by atoms with Crippen molar-refractivity contribution < 1.29 is 10.2 Å². The lowest BCUT2D eigenvalue weighted by atomic mass is 9.60. The third kappa shape index (κ3) is 5.07. The molecule has 2 N–H and O–H groups in total. The van der Waals surface area contributed by atoms with Crippen molar-refractivity contribution in [2.45, 2.75) is 104 Å². The summed E-state index contributed by atoms with van der Waals surface area (Å²) in [7, 11) is 0. The fourth-order valence-electron chi connectivity index (χ4n) is 6.58. The largest absolute Gasteiger partial charge is 0.393 e. The van der Waals surface area contributed by atoms with Crippen LogP contribution in [0.5, 0.6) is 0 Å². The summed E-state index contributed by atoms with van der Waals surface area (Å²) in [6, 6.07) is 0. The molecule has 3 aliphatic carbocycles. The van der Waals surface area contributed by atoms with Gasteiger partial charge in [0, 0.05) is 0 Å². The minimum atomic E-state index is -0.195. The second-order valence-electron chi connectivity index (χ2n) is 10.9. The van der Waals surface area contributed by atoms with E-state index in [1.165, 1.54) is 43.3 Å². The van der Waals surface area contributed by atoms with Crippen LogP contribution in [0.4, 0.5) is 0 Å². The van der Waals surface area contributed by atoms with Crippen molar-refractivity contribution in [3.63, 3.8) is 0 Å². The highest BCUT2D eigenvalue weighted by molar-refractivity contribution is 5.36. The quantitative estimate of drug-likeness (QED) is 0.528. The number of aliphatic hydroxyl groups is 2. The van der Waals surface area contributed by atoms with Crippen LogP contribution in [0.2, 0.25) is 0 Å². The molecule has 0 aromatic rings. The maximum atomic E-state index is 10.3. The Balaban J connectivity index is 1.70. The molecule has 2 heteroatoms. The molecule has 164 valence electrons. The summed E-state index contributed by atoms with van der Waals surface area (Å²) < 4.78 is 0. The first-order valence-corrected chi connectivity index (χ1v) is 12.2. The number of hydrogen-bond acceptors (Lipinski definition) is 2. The Morgan fingerprint density at radius 1 is 1.10 bits per heavy atom. The van der Waals surface area contributed by atoms with Crippen molar-refractivity contribution in [3.05, 3.63) is 35.5 Å². The molecule has 3 aliphatic rings. The molecule has 0 aliphatic heterocycles. The predicted octanol–water partition coefficient (Wildman–Crippen LogP) is 6.59. The molecule has 0 radical (unpaired) electrons. The lowest BCUT2D eigenvalue weighted by Gasteiger charge is -2.44. The first-order valence-electron chi connectivity index (χ1n) is 12.2. The normalized spacial score (nSPS) is 37.9. The van der Waals surface area contributed by atoms with Gasteiger partial charge in [-0.25, -0.2) is 0 Å². The number of hydrogen-bond donors (Lipinski definition) is 2. The van der Waals surface area contributed by atoms with E-state index in [0.717, 1.165) is 38.0 Å². The van der Waals surface area contributed by atoms with Gasteiger partial charge in [-0.2, -0.15) is 0 Å². The summed E-state index contributed by atoms with van der Waals surface area (Å²) in [5, 5.41) is 20.3. The first-order chi connectivity index (χ1) is 13.7. The maximum absolute atomic E-state index is 10.3. The molecule has 0 aromatic heterocycles. The third-order valence-corrected chi connectivity index (χ3v) is 8.60. The molecular weight excluding hydrogens is 356 g/mol. The molecule has 0 spiro atoms. The van der Waals surface area contributed by atoms with Crippen molar-refractivity contribution in [2.75, 3.05) is 0 Å². The second-order valence-corrected chi connectivity index (χ2v) is 10.9. The zero-order valence-corrected chi connectivity index (χ0v) is 19.3. The zero-order chi connectivity index (χ0) is 21.2. The van der Waals surface area contributed by atoms with Crippen molar-refractivity contribution in [2.24, 2.45) is 29.1 Å². The van der Waals surface area contributed by atoms with Gasteiger partial charge in [-0.05, 0) is 98.9 Å². The highest BCUT2D eigenvalue weighted by Gasteiger charge is 2.50. The van der Waals surface area contributed by atoms with E-state index in [1.54, 1.807) is 5.57 Å². The standard InChI is InChI=1S/C27H44O2/c1-18(2)26(29)15-9-20(4)24-13-14-25-21(7-6-16-27(24,25)5)10-11-22-17-23(28)12-8-19(22)3/h10-11,18,20,23-26,28-29H,3,6-9,12-17H2,1-2,4-5H3/b21-10+,22-11-/t20-,23+,24-,25?,26?,27-/m1/s1. The average molecular weight is 401 g/mol. The Morgan fingerprint density at radius 2 is 1.86 bits per heavy atom.